The fraction of sp³-hybridized carbons (Fsp3) is 0.273. The van der Waals surface area contributed by atoms with Gasteiger partial charge >= 0.3 is 0 Å². The van der Waals surface area contributed by atoms with Crippen LogP contribution in [0.1, 0.15) is 15.2 Å². The number of rotatable bonds is 5. The number of likely N-dealkylation sites (N-methyl/N-ethyl adjacent to an activating group) is 1. The molecule has 2 heterocycles. The minimum atomic E-state index is -0.427. The molecule has 1 amide bonds. The predicted octanol–water partition coefficient (Wildman–Crippen LogP) is 4.79. The number of nitrogens with one attached hydrogen (secondary N) is 1. The van der Waals surface area contributed by atoms with Gasteiger partial charge in [0, 0.05) is 52.7 Å². The first-order chi connectivity index (χ1) is 15.3. The van der Waals surface area contributed by atoms with Gasteiger partial charge < -0.3 is 9.80 Å². The van der Waals surface area contributed by atoms with Crippen LogP contribution >= 0.6 is 27.3 Å². The number of anilines is 2. The van der Waals surface area contributed by atoms with E-state index < -0.39 is 10.8 Å². The van der Waals surface area contributed by atoms with Crippen LogP contribution in [-0.2, 0) is 0 Å². The van der Waals surface area contributed by atoms with Gasteiger partial charge in [-0.25, -0.2) is 4.98 Å². The first kappa shape index (κ1) is 22.4. The first-order valence-electron chi connectivity index (χ1n) is 10.1. The molecule has 8 nitrogen and oxygen atoms in total. The minimum absolute atomic E-state index is 0.0620. The Morgan fingerprint density at radius 1 is 1.16 bits per heavy atom. The summed E-state index contributed by atoms with van der Waals surface area (Å²) in [6.07, 6.45) is 0. The molecule has 1 saturated heterocycles. The van der Waals surface area contributed by atoms with E-state index in [4.69, 9.17) is 0 Å². The number of carbonyl (C=O) groups is 1. The van der Waals surface area contributed by atoms with E-state index in [1.807, 2.05) is 43.1 Å². The summed E-state index contributed by atoms with van der Waals surface area (Å²) in [5.74, 6) is -0.422. The molecule has 0 unspecified atom stereocenters. The van der Waals surface area contributed by atoms with Crippen molar-refractivity contribution in [3.05, 3.63) is 67.5 Å². The van der Waals surface area contributed by atoms with Crippen molar-refractivity contribution in [1.29, 1.82) is 0 Å². The predicted molar refractivity (Wildman–Crippen MR) is 131 cm³/mol. The fourth-order valence-electron chi connectivity index (χ4n) is 3.62. The van der Waals surface area contributed by atoms with Gasteiger partial charge in [-0.2, -0.15) is 0 Å². The van der Waals surface area contributed by atoms with Gasteiger partial charge in [-0.3, -0.25) is 20.2 Å². The number of benzene rings is 2. The van der Waals surface area contributed by atoms with E-state index in [1.165, 1.54) is 17.4 Å². The summed E-state index contributed by atoms with van der Waals surface area (Å²) in [5.41, 5.74) is 2.46. The molecule has 0 saturated carbocycles. The molecule has 1 aliphatic rings. The molecule has 0 aliphatic carbocycles. The molecule has 3 aromatic rings. The molecule has 0 bridgehead atoms. The average Bonchev–Trinajstić information content (AvgIpc) is 3.14. The van der Waals surface area contributed by atoms with E-state index in [0.717, 1.165) is 33.7 Å². The highest BCUT2D eigenvalue weighted by molar-refractivity contribution is 9.10. The van der Waals surface area contributed by atoms with Crippen LogP contribution in [0.2, 0.25) is 0 Å². The lowest BCUT2D eigenvalue weighted by molar-refractivity contribution is -0.384. The summed E-state index contributed by atoms with van der Waals surface area (Å²) < 4.78 is 0.976. The number of nitrogens with zero attached hydrogens (tertiary/aromatic N) is 4. The summed E-state index contributed by atoms with van der Waals surface area (Å²) in [6, 6.07) is 12.4. The maximum absolute atomic E-state index is 12.8. The first-order valence-corrected chi connectivity index (χ1v) is 11.7. The summed E-state index contributed by atoms with van der Waals surface area (Å²) in [7, 11) is 2.03. The van der Waals surface area contributed by atoms with Crippen LogP contribution in [0, 0.1) is 17.0 Å². The molecule has 1 fully saturated rings. The van der Waals surface area contributed by atoms with E-state index in [0.29, 0.717) is 23.9 Å². The van der Waals surface area contributed by atoms with Gasteiger partial charge in [0.2, 0.25) is 0 Å². The molecule has 0 atom stereocenters. The van der Waals surface area contributed by atoms with Crippen LogP contribution in [0.4, 0.5) is 16.5 Å². The Labute approximate surface area is 198 Å². The van der Waals surface area contributed by atoms with Gasteiger partial charge in [0.1, 0.15) is 5.69 Å². The molecule has 166 valence electrons. The van der Waals surface area contributed by atoms with E-state index in [2.05, 4.69) is 31.1 Å². The van der Waals surface area contributed by atoms with Gasteiger partial charge in [-0.15, -0.1) is 11.3 Å². The SMILES string of the molecule is Cc1sc(NC(=O)c2ccc(N3CCN(C)CC3)c([N+](=O)[O-])c2)nc1-c1ccc(Br)cc1. The topological polar surface area (TPSA) is 91.6 Å². The quantitative estimate of drug-likeness (QED) is 0.387. The number of nitro groups is 1. The zero-order chi connectivity index (χ0) is 22.8. The van der Waals surface area contributed by atoms with Crippen molar-refractivity contribution >= 4 is 49.7 Å². The molecule has 32 heavy (non-hydrogen) atoms. The molecule has 10 heteroatoms. The highest BCUT2D eigenvalue weighted by Gasteiger charge is 2.24. The van der Waals surface area contributed by atoms with Gasteiger partial charge in [0.05, 0.1) is 10.6 Å². The zero-order valence-electron chi connectivity index (χ0n) is 17.7. The van der Waals surface area contributed by atoms with E-state index in [1.54, 1.807) is 12.1 Å². The van der Waals surface area contributed by atoms with Crippen molar-refractivity contribution in [2.75, 3.05) is 43.4 Å². The van der Waals surface area contributed by atoms with Crippen LogP contribution in [0.25, 0.3) is 11.3 Å². The molecule has 0 spiro atoms. The molecule has 2 aromatic carbocycles. The van der Waals surface area contributed by atoms with Gasteiger partial charge in [0.25, 0.3) is 11.6 Å². The molecular formula is C22H22BrN5O3S. The number of hydrogen-bond acceptors (Lipinski definition) is 7. The number of nitro benzene ring substituents is 1. The van der Waals surface area contributed by atoms with Gasteiger partial charge in [0.15, 0.2) is 5.13 Å². The van der Waals surface area contributed by atoms with Crippen molar-refractivity contribution in [3.63, 3.8) is 0 Å². The molecule has 1 aromatic heterocycles. The lowest BCUT2D eigenvalue weighted by Gasteiger charge is -2.33. The highest BCUT2D eigenvalue weighted by atomic mass is 79.9. The summed E-state index contributed by atoms with van der Waals surface area (Å²) in [6.45, 7) is 5.04. The lowest BCUT2D eigenvalue weighted by atomic mass is 10.1. The second-order valence-electron chi connectivity index (χ2n) is 7.64. The standard InChI is InChI=1S/C22H22BrN5O3S/c1-14-20(15-3-6-17(23)7-4-15)24-22(32-14)25-21(29)16-5-8-18(19(13-16)28(30)31)27-11-9-26(2)10-12-27/h3-8,13H,9-12H2,1-2H3,(H,24,25,29). The number of carbonyl (C=O) groups excluding carboxylic acids is 1. The Morgan fingerprint density at radius 3 is 2.50 bits per heavy atom. The fourth-order valence-corrected chi connectivity index (χ4v) is 4.72. The van der Waals surface area contributed by atoms with Crippen LogP contribution in [-0.4, -0.2) is 53.9 Å². The van der Waals surface area contributed by atoms with Crippen molar-refractivity contribution in [1.82, 2.24) is 9.88 Å². The van der Waals surface area contributed by atoms with E-state index >= 15 is 0 Å². The van der Waals surface area contributed by atoms with Crippen LogP contribution in [0.15, 0.2) is 46.9 Å². The van der Waals surface area contributed by atoms with Crippen LogP contribution < -0.4 is 10.2 Å². The van der Waals surface area contributed by atoms with E-state index in [-0.39, 0.29) is 11.3 Å². The second-order valence-corrected chi connectivity index (χ2v) is 9.75. The van der Waals surface area contributed by atoms with Gasteiger partial charge in [-0.05, 0) is 38.2 Å². The molecular weight excluding hydrogens is 494 g/mol. The van der Waals surface area contributed by atoms with Crippen molar-refractivity contribution < 1.29 is 9.72 Å². The Kier molecular flexibility index (Phi) is 6.54. The Bertz CT molecular complexity index is 1160. The highest BCUT2D eigenvalue weighted by Crippen LogP contribution is 2.33. The minimum Gasteiger partial charge on any atom is -0.363 e. The van der Waals surface area contributed by atoms with Gasteiger partial charge in [-0.1, -0.05) is 28.1 Å². The number of aryl methyl sites for hydroxylation is 1. The summed E-state index contributed by atoms with van der Waals surface area (Å²) in [5, 5.41) is 15.0. The second kappa shape index (κ2) is 9.35. The molecule has 4 rings (SSSR count). The maximum atomic E-state index is 12.8. The number of piperazine rings is 1. The third-order valence-electron chi connectivity index (χ3n) is 5.41. The number of aromatic nitrogens is 1. The Balaban J connectivity index is 1.55. The number of thiazole rings is 1. The smallest absolute Gasteiger partial charge is 0.293 e. The van der Waals surface area contributed by atoms with Crippen molar-refractivity contribution in [2.24, 2.45) is 0 Å². The average molecular weight is 516 g/mol. The Hall–Kier alpha value is -2.82. The third kappa shape index (κ3) is 4.82. The van der Waals surface area contributed by atoms with Crippen LogP contribution in [0.3, 0.4) is 0 Å². The number of hydrogen-bond donors (Lipinski definition) is 1. The Morgan fingerprint density at radius 2 is 1.84 bits per heavy atom. The summed E-state index contributed by atoms with van der Waals surface area (Å²) in [4.78, 5) is 33.8. The zero-order valence-corrected chi connectivity index (χ0v) is 20.1. The number of amides is 1. The molecule has 1 N–H and O–H groups in total. The van der Waals surface area contributed by atoms with Crippen molar-refractivity contribution in [2.45, 2.75) is 6.92 Å². The van der Waals surface area contributed by atoms with Crippen molar-refractivity contribution in [3.8, 4) is 11.3 Å². The lowest BCUT2D eigenvalue weighted by Crippen LogP contribution is -2.44. The third-order valence-corrected chi connectivity index (χ3v) is 6.83. The molecule has 1 aliphatic heterocycles. The monoisotopic (exact) mass is 515 g/mol. The van der Waals surface area contributed by atoms with E-state index in [9.17, 15) is 14.9 Å². The largest absolute Gasteiger partial charge is 0.363 e. The molecule has 0 radical (unpaired) electrons. The normalized spacial score (nSPS) is 14.4. The summed E-state index contributed by atoms with van der Waals surface area (Å²) >= 11 is 4.79. The van der Waals surface area contributed by atoms with Crippen LogP contribution in [0.5, 0.6) is 0 Å². The number of halogens is 1. The maximum Gasteiger partial charge on any atom is 0.293 e.